The zero-order valence-corrected chi connectivity index (χ0v) is 9.91. The number of fused-ring (bicyclic) bond motifs is 1. The fraction of sp³-hybridized carbons (Fsp3) is 0.636. The summed E-state index contributed by atoms with van der Waals surface area (Å²) < 4.78 is 7.07. The summed E-state index contributed by atoms with van der Waals surface area (Å²) in [6.07, 6.45) is 1.03. The molecule has 16 heavy (non-hydrogen) atoms. The molecule has 5 heteroatoms. The number of esters is 1. The van der Waals surface area contributed by atoms with Gasteiger partial charge in [-0.05, 0) is 27.2 Å². The van der Waals surface area contributed by atoms with Crippen LogP contribution in [0.3, 0.4) is 0 Å². The smallest absolute Gasteiger partial charge is 0.359 e. The van der Waals surface area contributed by atoms with Crippen molar-refractivity contribution in [2.45, 2.75) is 39.3 Å². The molecule has 0 bridgehead atoms. The van der Waals surface area contributed by atoms with E-state index in [-0.39, 0.29) is 5.97 Å². The van der Waals surface area contributed by atoms with Crippen molar-refractivity contribution < 1.29 is 9.53 Å². The van der Waals surface area contributed by atoms with E-state index in [2.05, 4.69) is 10.4 Å². The normalized spacial score (nSPS) is 15.2. The largest absolute Gasteiger partial charge is 0.455 e. The number of nitrogens with zero attached hydrogens (tertiary/aromatic N) is 2. The van der Waals surface area contributed by atoms with Crippen LogP contribution in [0.4, 0.5) is 5.82 Å². The van der Waals surface area contributed by atoms with Crippen LogP contribution in [-0.2, 0) is 11.3 Å². The van der Waals surface area contributed by atoms with Gasteiger partial charge in [0, 0.05) is 19.2 Å². The maximum atomic E-state index is 11.8. The molecule has 0 spiro atoms. The number of carbonyl (C=O) groups is 1. The summed E-state index contributed by atoms with van der Waals surface area (Å²) >= 11 is 0. The van der Waals surface area contributed by atoms with Crippen molar-refractivity contribution in [2.75, 3.05) is 11.9 Å². The molecule has 0 radical (unpaired) electrons. The first-order chi connectivity index (χ1) is 7.46. The van der Waals surface area contributed by atoms with Crippen LogP contribution < -0.4 is 5.32 Å². The third kappa shape index (κ3) is 2.35. The minimum absolute atomic E-state index is 0.365. The lowest BCUT2D eigenvalue weighted by molar-refractivity contribution is 0.00619. The van der Waals surface area contributed by atoms with Gasteiger partial charge in [0.1, 0.15) is 11.4 Å². The van der Waals surface area contributed by atoms with Gasteiger partial charge < -0.3 is 10.1 Å². The zero-order chi connectivity index (χ0) is 11.8. The van der Waals surface area contributed by atoms with Crippen molar-refractivity contribution in [3.63, 3.8) is 0 Å². The Kier molecular flexibility index (Phi) is 2.61. The van der Waals surface area contributed by atoms with Gasteiger partial charge in [-0.15, -0.1) is 0 Å². The molecule has 0 aromatic carbocycles. The van der Waals surface area contributed by atoms with Crippen molar-refractivity contribution >= 4 is 11.8 Å². The maximum absolute atomic E-state index is 11.8. The van der Waals surface area contributed by atoms with E-state index in [4.69, 9.17) is 4.74 Å². The number of aryl methyl sites for hydroxylation is 1. The molecule has 0 fully saturated rings. The third-order valence-electron chi connectivity index (χ3n) is 2.24. The number of hydrogen-bond acceptors (Lipinski definition) is 4. The molecule has 1 aliphatic heterocycles. The molecule has 2 heterocycles. The maximum Gasteiger partial charge on any atom is 0.359 e. The standard InChI is InChI=1S/C11H17N3O2/c1-11(2,3)16-10(15)8-7-9-12-5-4-6-14(9)13-8/h7,12H,4-6H2,1-3H3. The van der Waals surface area contributed by atoms with E-state index in [0.717, 1.165) is 25.3 Å². The molecule has 0 unspecified atom stereocenters. The van der Waals surface area contributed by atoms with Crippen molar-refractivity contribution in [1.82, 2.24) is 9.78 Å². The molecule has 1 aliphatic rings. The van der Waals surface area contributed by atoms with Crippen molar-refractivity contribution in [3.05, 3.63) is 11.8 Å². The monoisotopic (exact) mass is 223 g/mol. The Balaban J connectivity index is 2.15. The molecule has 2 rings (SSSR count). The molecule has 0 aliphatic carbocycles. The van der Waals surface area contributed by atoms with Crippen LogP contribution in [0, 0.1) is 0 Å². The van der Waals surface area contributed by atoms with Gasteiger partial charge in [0.15, 0.2) is 5.69 Å². The Morgan fingerprint density at radius 1 is 1.56 bits per heavy atom. The first kappa shape index (κ1) is 11.0. The Morgan fingerprint density at radius 3 is 2.94 bits per heavy atom. The SMILES string of the molecule is CC(C)(C)OC(=O)c1cc2n(n1)CCCN2. The molecule has 0 saturated heterocycles. The van der Waals surface area contributed by atoms with Gasteiger partial charge in [0.2, 0.25) is 0 Å². The fourth-order valence-electron chi connectivity index (χ4n) is 1.60. The predicted octanol–water partition coefficient (Wildman–Crippen LogP) is 1.65. The van der Waals surface area contributed by atoms with Crippen LogP contribution in [-0.4, -0.2) is 27.9 Å². The van der Waals surface area contributed by atoms with Crippen LogP contribution in [0.25, 0.3) is 0 Å². The lowest BCUT2D eigenvalue weighted by atomic mass is 10.2. The van der Waals surface area contributed by atoms with E-state index < -0.39 is 5.60 Å². The first-order valence-corrected chi connectivity index (χ1v) is 5.51. The third-order valence-corrected chi connectivity index (χ3v) is 2.24. The highest BCUT2D eigenvalue weighted by molar-refractivity contribution is 5.88. The number of anilines is 1. The summed E-state index contributed by atoms with van der Waals surface area (Å²) in [5.74, 6) is 0.531. The molecule has 1 aromatic heterocycles. The number of rotatable bonds is 1. The molecular weight excluding hydrogens is 206 g/mol. The first-order valence-electron chi connectivity index (χ1n) is 5.51. The summed E-state index contributed by atoms with van der Waals surface area (Å²) in [6.45, 7) is 7.32. The summed E-state index contributed by atoms with van der Waals surface area (Å²) in [5.41, 5.74) is -0.103. The number of ether oxygens (including phenoxy) is 1. The highest BCUT2D eigenvalue weighted by Crippen LogP contribution is 2.17. The van der Waals surface area contributed by atoms with Crippen LogP contribution in [0.1, 0.15) is 37.7 Å². The van der Waals surface area contributed by atoms with Crippen LogP contribution in [0.5, 0.6) is 0 Å². The van der Waals surface area contributed by atoms with E-state index >= 15 is 0 Å². The van der Waals surface area contributed by atoms with Gasteiger partial charge in [-0.3, -0.25) is 0 Å². The fourth-order valence-corrected chi connectivity index (χ4v) is 1.60. The molecule has 1 aromatic rings. The van der Waals surface area contributed by atoms with Crippen LogP contribution >= 0.6 is 0 Å². The minimum atomic E-state index is -0.478. The number of hydrogen-bond donors (Lipinski definition) is 1. The Hall–Kier alpha value is -1.52. The van der Waals surface area contributed by atoms with Gasteiger partial charge in [-0.2, -0.15) is 5.10 Å². The zero-order valence-electron chi connectivity index (χ0n) is 9.91. The molecule has 88 valence electrons. The number of nitrogens with one attached hydrogen (secondary N) is 1. The van der Waals surface area contributed by atoms with Gasteiger partial charge in [0.05, 0.1) is 0 Å². The minimum Gasteiger partial charge on any atom is -0.455 e. The van der Waals surface area contributed by atoms with Gasteiger partial charge in [-0.25, -0.2) is 9.48 Å². The highest BCUT2D eigenvalue weighted by Gasteiger charge is 2.22. The summed E-state index contributed by atoms with van der Waals surface area (Å²) in [7, 11) is 0. The quantitative estimate of drug-likeness (QED) is 0.735. The molecule has 1 N–H and O–H groups in total. The second kappa shape index (κ2) is 3.81. The average molecular weight is 223 g/mol. The van der Waals surface area contributed by atoms with E-state index in [1.807, 2.05) is 25.5 Å². The topological polar surface area (TPSA) is 56.2 Å². The number of carbonyl (C=O) groups excluding carboxylic acids is 1. The van der Waals surface area contributed by atoms with Gasteiger partial charge in [-0.1, -0.05) is 0 Å². The van der Waals surface area contributed by atoms with Gasteiger partial charge >= 0.3 is 5.97 Å². The highest BCUT2D eigenvalue weighted by atomic mass is 16.6. The summed E-state index contributed by atoms with van der Waals surface area (Å²) in [4.78, 5) is 11.8. The average Bonchev–Trinajstić information content (AvgIpc) is 2.58. The van der Waals surface area contributed by atoms with Crippen molar-refractivity contribution in [3.8, 4) is 0 Å². The lowest BCUT2D eigenvalue weighted by Gasteiger charge is -2.18. The van der Waals surface area contributed by atoms with Crippen LogP contribution in [0.15, 0.2) is 6.07 Å². The second-order valence-electron chi connectivity index (χ2n) is 4.92. The predicted molar refractivity (Wildman–Crippen MR) is 60.5 cm³/mol. The molecule has 0 atom stereocenters. The van der Waals surface area contributed by atoms with E-state index in [1.165, 1.54) is 0 Å². The van der Waals surface area contributed by atoms with E-state index in [9.17, 15) is 4.79 Å². The van der Waals surface area contributed by atoms with E-state index in [1.54, 1.807) is 6.07 Å². The summed E-state index contributed by atoms with van der Waals surface area (Å²) in [5, 5.41) is 7.41. The Labute approximate surface area is 94.8 Å². The lowest BCUT2D eigenvalue weighted by Crippen LogP contribution is -2.24. The number of aromatic nitrogens is 2. The molecular formula is C11H17N3O2. The van der Waals surface area contributed by atoms with Crippen molar-refractivity contribution in [1.29, 1.82) is 0 Å². The van der Waals surface area contributed by atoms with E-state index in [0.29, 0.717) is 5.69 Å². The van der Waals surface area contributed by atoms with Crippen LogP contribution in [0.2, 0.25) is 0 Å². The summed E-state index contributed by atoms with van der Waals surface area (Å²) in [6, 6.07) is 1.74. The molecule has 0 saturated carbocycles. The molecule has 0 amide bonds. The van der Waals surface area contributed by atoms with Gasteiger partial charge in [0.25, 0.3) is 0 Å². The molecule has 5 nitrogen and oxygen atoms in total. The van der Waals surface area contributed by atoms with Crippen molar-refractivity contribution in [2.24, 2.45) is 0 Å². The Bertz CT molecular complexity index is 380. The Morgan fingerprint density at radius 2 is 2.31 bits per heavy atom. The second-order valence-corrected chi connectivity index (χ2v) is 4.92.